The maximum absolute atomic E-state index is 11.3. The molecule has 0 bridgehead atoms. The molecule has 0 aliphatic rings. The van der Waals surface area contributed by atoms with Gasteiger partial charge in [0.1, 0.15) is 5.03 Å². The summed E-state index contributed by atoms with van der Waals surface area (Å²) in [7, 11) is 1.25. The van der Waals surface area contributed by atoms with E-state index in [-0.39, 0.29) is 12.2 Å². The molecule has 2 heterocycles. The Bertz CT molecular complexity index is 644. The molecule has 0 radical (unpaired) electrons. The number of hydrogen-bond acceptors (Lipinski definition) is 8. The summed E-state index contributed by atoms with van der Waals surface area (Å²) in [6.07, 6.45) is 1.33. The molecule has 0 fully saturated rings. The first-order valence-electron chi connectivity index (χ1n) is 5.34. The highest BCUT2D eigenvalue weighted by molar-refractivity contribution is 8.01. The van der Waals surface area contributed by atoms with Crippen molar-refractivity contribution >= 4 is 35.0 Å². The molecule has 0 saturated heterocycles. The van der Waals surface area contributed by atoms with Crippen LogP contribution in [0.15, 0.2) is 27.0 Å². The van der Waals surface area contributed by atoms with E-state index in [4.69, 9.17) is 5.11 Å². The van der Waals surface area contributed by atoms with Crippen molar-refractivity contribution in [3.63, 3.8) is 0 Å². The number of esters is 1. The molecule has 2 aromatic rings. The molecular weight excluding hydrogens is 302 g/mol. The van der Waals surface area contributed by atoms with Crippen LogP contribution in [-0.4, -0.2) is 39.1 Å². The van der Waals surface area contributed by atoms with E-state index < -0.39 is 11.9 Å². The Balaban J connectivity index is 2.11. The largest absolute Gasteiger partial charge is 0.481 e. The van der Waals surface area contributed by atoms with Crippen LogP contribution in [0.5, 0.6) is 0 Å². The third-order valence-corrected chi connectivity index (χ3v) is 3.98. The van der Waals surface area contributed by atoms with Crippen molar-refractivity contribution in [3.8, 4) is 0 Å². The number of rotatable bonds is 5. The molecule has 1 N–H and O–H groups in total. The van der Waals surface area contributed by atoms with Crippen molar-refractivity contribution in [2.75, 3.05) is 7.11 Å². The number of hydrogen-bond donors (Lipinski definition) is 1. The normalized spacial score (nSPS) is 10.2. The average Bonchev–Trinajstić information content (AvgIpc) is 2.84. The lowest BCUT2D eigenvalue weighted by molar-refractivity contribution is -0.136. The highest BCUT2D eigenvalue weighted by atomic mass is 32.2. The van der Waals surface area contributed by atoms with Crippen LogP contribution in [0, 0.1) is 0 Å². The van der Waals surface area contributed by atoms with Crippen LogP contribution in [0.25, 0.3) is 0 Å². The first kappa shape index (κ1) is 14.4. The van der Waals surface area contributed by atoms with E-state index in [2.05, 4.69) is 19.7 Å². The third-order valence-electron chi connectivity index (χ3n) is 2.05. The number of aliphatic carboxylic acids is 1. The monoisotopic (exact) mass is 311 g/mol. The van der Waals surface area contributed by atoms with Gasteiger partial charge in [0.15, 0.2) is 4.34 Å². The lowest BCUT2D eigenvalue weighted by Crippen LogP contribution is -2.07. The maximum atomic E-state index is 11.3. The van der Waals surface area contributed by atoms with E-state index in [1.165, 1.54) is 36.4 Å². The summed E-state index contributed by atoms with van der Waals surface area (Å²) in [5, 5.41) is 10.9. The standard InChI is InChI=1S/C11H9N3O4S2/c1-18-10(17)9-12-3-2-7(14-9)20-11-13-6(5-19-11)4-8(15)16/h2-3,5H,4H2,1H3,(H,15,16). The molecule has 0 aliphatic carbocycles. The average molecular weight is 311 g/mol. The summed E-state index contributed by atoms with van der Waals surface area (Å²) in [5.41, 5.74) is 0.493. The van der Waals surface area contributed by atoms with Crippen LogP contribution in [0.2, 0.25) is 0 Å². The van der Waals surface area contributed by atoms with Gasteiger partial charge in [0.05, 0.1) is 19.2 Å². The van der Waals surface area contributed by atoms with Gasteiger partial charge < -0.3 is 9.84 Å². The topological polar surface area (TPSA) is 102 Å². The van der Waals surface area contributed by atoms with Crippen LogP contribution >= 0.6 is 23.1 Å². The summed E-state index contributed by atoms with van der Waals surface area (Å²) in [6, 6.07) is 1.63. The van der Waals surface area contributed by atoms with Crippen LogP contribution < -0.4 is 0 Å². The first-order valence-corrected chi connectivity index (χ1v) is 7.03. The molecule has 7 nitrogen and oxygen atoms in total. The summed E-state index contributed by atoms with van der Waals surface area (Å²) >= 11 is 2.55. The van der Waals surface area contributed by atoms with Gasteiger partial charge in [0.2, 0.25) is 5.82 Å². The molecule has 2 aromatic heterocycles. The highest BCUT2D eigenvalue weighted by Crippen LogP contribution is 2.28. The Morgan fingerprint density at radius 3 is 2.95 bits per heavy atom. The molecule has 9 heteroatoms. The van der Waals surface area contributed by atoms with Crippen molar-refractivity contribution < 1.29 is 19.4 Å². The Morgan fingerprint density at radius 1 is 1.45 bits per heavy atom. The molecule has 0 atom stereocenters. The number of nitrogens with zero attached hydrogens (tertiary/aromatic N) is 3. The van der Waals surface area contributed by atoms with E-state index in [1.54, 1.807) is 11.4 Å². The fourth-order valence-electron chi connectivity index (χ4n) is 1.25. The minimum atomic E-state index is -0.929. The summed E-state index contributed by atoms with van der Waals surface area (Å²) in [4.78, 5) is 33.9. The van der Waals surface area contributed by atoms with E-state index in [1.807, 2.05) is 0 Å². The molecule has 0 unspecified atom stereocenters. The van der Waals surface area contributed by atoms with E-state index >= 15 is 0 Å². The predicted molar refractivity (Wildman–Crippen MR) is 70.9 cm³/mol. The number of aromatic nitrogens is 3. The van der Waals surface area contributed by atoms with Crippen molar-refractivity contribution in [2.45, 2.75) is 15.8 Å². The zero-order valence-corrected chi connectivity index (χ0v) is 11.9. The Morgan fingerprint density at radius 2 is 2.25 bits per heavy atom. The minimum Gasteiger partial charge on any atom is -0.481 e. The summed E-state index contributed by atoms with van der Waals surface area (Å²) < 4.78 is 5.19. The first-order chi connectivity index (χ1) is 9.58. The van der Waals surface area contributed by atoms with Gasteiger partial charge in [-0.1, -0.05) is 0 Å². The van der Waals surface area contributed by atoms with Crippen molar-refractivity contribution in [3.05, 3.63) is 29.2 Å². The van der Waals surface area contributed by atoms with Crippen molar-refractivity contribution in [2.24, 2.45) is 0 Å². The Hall–Kier alpha value is -2.00. The molecule has 0 spiro atoms. The fourth-order valence-corrected chi connectivity index (χ4v) is 2.99. The number of carboxylic acids is 1. The van der Waals surface area contributed by atoms with Gasteiger partial charge in [-0.2, -0.15) is 0 Å². The van der Waals surface area contributed by atoms with E-state index in [0.717, 1.165) is 0 Å². The van der Waals surface area contributed by atoms with Gasteiger partial charge in [0, 0.05) is 11.6 Å². The van der Waals surface area contributed by atoms with Gasteiger partial charge in [0.25, 0.3) is 0 Å². The van der Waals surface area contributed by atoms with Gasteiger partial charge in [-0.25, -0.2) is 19.7 Å². The number of methoxy groups -OCH3 is 1. The predicted octanol–water partition coefficient (Wildman–Crippen LogP) is 1.50. The Labute approximate surface area is 122 Å². The zero-order valence-electron chi connectivity index (χ0n) is 10.3. The molecular formula is C11H9N3O4S2. The molecule has 20 heavy (non-hydrogen) atoms. The summed E-state index contributed by atoms with van der Waals surface area (Å²) in [5.74, 6) is -1.57. The number of thiazole rings is 1. The van der Waals surface area contributed by atoms with Crippen LogP contribution in [0.3, 0.4) is 0 Å². The van der Waals surface area contributed by atoms with Gasteiger partial charge in [-0.05, 0) is 17.8 Å². The number of ether oxygens (including phenoxy) is 1. The van der Waals surface area contributed by atoms with Gasteiger partial charge >= 0.3 is 11.9 Å². The van der Waals surface area contributed by atoms with Gasteiger partial charge in [-0.15, -0.1) is 11.3 Å². The van der Waals surface area contributed by atoms with E-state index in [9.17, 15) is 9.59 Å². The van der Waals surface area contributed by atoms with E-state index in [0.29, 0.717) is 15.1 Å². The molecule has 0 amide bonds. The molecule has 0 aliphatic heterocycles. The molecule has 0 saturated carbocycles. The zero-order chi connectivity index (χ0) is 14.5. The third kappa shape index (κ3) is 3.75. The molecule has 2 rings (SSSR count). The number of carboxylic acid groups (broad SMARTS) is 1. The SMILES string of the molecule is COC(=O)c1nccc(Sc2nc(CC(=O)O)cs2)n1. The van der Waals surface area contributed by atoms with Crippen LogP contribution in [-0.2, 0) is 16.0 Å². The van der Waals surface area contributed by atoms with Crippen LogP contribution in [0.4, 0.5) is 0 Å². The molecule has 104 valence electrons. The van der Waals surface area contributed by atoms with Crippen LogP contribution in [0.1, 0.15) is 16.3 Å². The summed E-state index contributed by atoms with van der Waals surface area (Å²) in [6.45, 7) is 0. The lowest BCUT2D eigenvalue weighted by atomic mass is 10.3. The quantitative estimate of drug-likeness (QED) is 0.654. The lowest BCUT2D eigenvalue weighted by Gasteiger charge is -1.99. The smallest absolute Gasteiger partial charge is 0.376 e. The minimum absolute atomic E-state index is 0.0279. The van der Waals surface area contributed by atoms with Gasteiger partial charge in [-0.3, -0.25) is 4.79 Å². The van der Waals surface area contributed by atoms with Crippen molar-refractivity contribution in [1.82, 2.24) is 15.0 Å². The second-order valence-electron chi connectivity index (χ2n) is 3.49. The highest BCUT2D eigenvalue weighted by Gasteiger charge is 2.12. The van der Waals surface area contributed by atoms with Crippen molar-refractivity contribution in [1.29, 1.82) is 0 Å². The number of carbonyl (C=O) groups excluding carboxylic acids is 1. The fraction of sp³-hybridized carbons (Fsp3) is 0.182. The second-order valence-corrected chi connectivity index (χ2v) is 5.61. The number of carbonyl (C=O) groups is 2. The maximum Gasteiger partial charge on any atom is 0.376 e. The molecule has 0 aromatic carbocycles. The second kappa shape index (κ2) is 6.44. The Kier molecular flexibility index (Phi) is 4.64.